The van der Waals surface area contributed by atoms with Crippen LogP contribution in [0.3, 0.4) is 0 Å². The molecule has 1 N–H and O–H groups in total. The van der Waals surface area contributed by atoms with Gasteiger partial charge in [0.15, 0.2) is 29.5 Å². The number of fused-ring (bicyclic) bond motifs is 1. The fourth-order valence-corrected chi connectivity index (χ4v) is 3.83. The van der Waals surface area contributed by atoms with Crippen LogP contribution in [-0.4, -0.2) is 58.6 Å². The van der Waals surface area contributed by atoms with Gasteiger partial charge in [-0.2, -0.15) is 0 Å². The molecule has 2 heterocycles. The molecule has 0 aromatic heterocycles. The van der Waals surface area contributed by atoms with Gasteiger partial charge < -0.3 is 24.1 Å². The number of aliphatic hydroxyl groups is 1. The average Bonchev–Trinajstić information content (AvgIpc) is 3.22. The van der Waals surface area contributed by atoms with Gasteiger partial charge in [-0.1, -0.05) is 18.2 Å². The van der Waals surface area contributed by atoms with Gasteiger partial charge in [0.05, 0.1) is 11.7 Å². The zero-order valence-electron chi connectivity index (χ0n) is 17.9. The molecule has 8 heteroatoms. The highest BCUT2D eigenvalue weighted by atomic mass is 16.7. The predicted molar refractivity (Wildman–Crippen MR) is 105 cm³/mol. The number of rotatable bonds is 3. The third kappa shape index (κ3) is 3.70. The minimum Gasteiger partial charge on any atom is -0.455 e. The maximum absolute atomic E-state index is 12.8. The number of epoxide rings is 1. The van der Waals surface area contributed by atoms with E-state index in [4.69, 9.17) is 18.9 Å². The maximum atomic E-state index is 12.8. The first-order valence-corrected chi connectivity index (χ1v) is 9.94. The number of allylic oxidation sites excluding steroid dienone is 2. The van der Waals surface area contributed by atoms with Crippen LogP contribution in [0.1, 0.15) is 47.5 Å². The topological polar surface area (TPSA) is 112 Å². The second-order valence-electron chi connectivity index (χ2n) is 8.35. The average molecular weight is 420 g/mol. The Morgan fingerprint density at radius 3 is 2.50 bits per heavy atom. The molecule has 30 heavy (non-hydrogen) atoms. The SMILES string of the molecule is C=C1C(=O)O[C@H]2/C=C(\C)CC/C=C(\C)[C@H](OC(=O)[C@@]3(C)O[C@H]3C)[C@H](OC(C)=O)[C@]12O. The third-order valence-corrected chi connectivity index (χ3v) is 6.07. The Labute approximate surface area is 175 Å². The van der Waals surface area contributed by atoms with Crippen molar-refractivity contribution in [3.8, 4) is 0 Å². The molecule has 0 amide bonds. The molecule has 0 spiro atoms. The Bertz CT molecular complexity index is 855. The van der Waals surface area contributed by atoms with Crippen LogP contribution in [0, 0.1) is 0 Å². The molecule has 0 aromatic rings. The molecule has 3 aliphatic rings. The molecule has 0 radical (unpaired) electrons. The number of carbonyl (C=O) groups excluding carboxylic acids is 3. The summed E-state index contributed by atoms with van der Waals surface area (Å²) < 4.78 is 21.9. The van der Waals surface area contributed by atoms with Crippen LogP contribution in [-0.2, 0) is 33.3 Å². The summed E-state index contributed by atoms with van der Waals surface area (Å²) in [6.45, 7) is 11.8. The van der Waals surface area contributed by atoms with Crippen LogP contribution in [0.15, 0.2) is 35.5 Å². The van der Waals surface area contributed by atoms with Crippen LogP contribution in [0.5, 0.6) is 0 Å². The van der Waals surface area contributed by atoms with Gasteiger partial charge in [0, 0.05) is 6.92 Å². The summed E-state index contributed by atoms with van der Waals surface area (Å²) in [5.74, 6) is -2.17. The Hall–Kier alpha value is -2.45. The summed E-state index contributed by atoms with van der Waals surface area (Å²) in [6.07, 6.45) is 0.667. The van der Waals surface area contributed by atoms with Gasteiger partial charge in [0.2, 0.25) is 0 Å². The standard InChI is InChI=1S/C22H28O8/c1-11-8-7-9-12(2)17(29-20(25)21(6)14(4)30-21)18(27-15(5)23)22(26)13(3)19(24)28-16(22)10-11/h9-10,14,16-18,26H,3,7-8H2,1-2,4-6H3/b11-10+,12-9+/t14-,16-,17-,18-,21-,22-/m0/s1. The Kier molecular flexibility index (Phi) is 5.68. The highest BCUT2D eigenvalue weighted by Gasteiger charge is 2.62. The molecule has 0 bridgehead atoms. The van der Waals surface area contributed by atoms with Crippen molar-refractivity contribution in [3.05, 3.63) is 35.5 Å². The van der Waals surface area contributed by atoms with Crippen molar-refractivity contribution >= 4 is 17.9 Å². The van der Waals surface area contributed by atoms with Gasteiger partial charge in [0.25, 0.3) is 0 Å². The van der Waals surface area contributed by atoms with E-state index in [1.54, 1.807) is 26.8 Å². The predicted octanol–water partition coefficient (Wildman–Crippen LogP) is 1.91. The fourth-order valence-electron chi connectivity index (χ4n) is 3.83. The van der Waals surface area contributed by atoms with Crippen LogP contribution in [0.25, 0.3) is 0 Å². The molecule has 6 atom stereocenters. The highest BCUT2D eigenvalue weighted by molar-refractivity contribution is 5.94. The molecule has 0 unspecified atom stereocenters. The quantitative estimate of drug-likeness (QED) is 0.242. The Morgan fingerprint density at radius 1 is 1.30 bits per heavy atom. The Morgan fingerprint density at radius 2 is 1.93 bits per heavy atom. The zero-order chi connectivity index (χ0) is 22.4. The molecule has 2 fully saturated rings. The van der Waals surface area contributed by atoms with Crippen molar-refractivity contribution in [1.82, 2.24) is 0 Å². The summed E-state index contributed by atoms with van der Waals surface area (Å²) in [7, 11) is 0. The van der Waals surface area contributed by atoms with E-state index in [0.717, 1.165) is 5.57 Å². The van der Waals surface area contributed by atoms with Crippen molar-refractivity contribution in [1.29, 1.82) is 0 Å². The van der Waals surface area contributed by atoms with E-state index in [0.29, 0.717) is 18.4 Å². The highest BCUT2D eigenvalue weighted by Crippen LogP contribution is 2.43. The normalized spacial score (nSPS) is 42.1. The largest absolute Gasteiger partial charge is 0.455 e. The van der Waals surface area contributed by atoms with E-state index in [1.807, 2.05) is 13.0 Å². The van der Waals surface area contributed by atoms with E-state index in [9.17, 15) is 19.5 Å². The van der Waals surface area contributed by atoms with E-state index in [-0.39, 0.29) is 11.7 Å². The van der Waals surface area contributed by atoms with Crippen molar-refractivity contribution in [3.63, 3.8) is 0 Å². The lowest BCUT2D eigenvalue weighted by atomic mass is 9.79. The van der Waals surface area contributed by atoms with Crippen molar-refractivity contribution < 1.29 is 38.4 Å². The van der Waals surface area contributed by atoms with Crippen molar-refractivity contribution in [2.24, 2.45) is 0 Å². The first-order chi connectivity index (χ1) is 13.9. The monoisotopic (exact) mass is 420 g/mol. The van der Waals surface area contributed by atoms with E-state index >= 15 is 0 Å². The molecular weight excluding hydrogens is 392 g/mol. The van der Waals surface area contributed by atoms with Gasteiger partial charge in [-0.15, -0.1) is 0 Å². The summed E-state index contributed by atoms with van der Waals surface area (Å²) in [5.41, 5.74) is -2.04. The molecule has 164 valence electrons. The molecule has 3 rings (SSSR count). The second-order valence-corrected chi connectivity index (χ2v) is 8.35. The van der Waals surface area contributed by atoms with Gasteiger partial charge >= 0.3 is 17.9 Å². The molecule has 2 aliphatic heterocycles. The van der Waals surface area contributed by atoms with E-state index < -0.39 is 47.4 Å². The number of hydrogen-bond donors (Lipinski definition) is 1. The third-order valence-electron chi connectivity index (χ3n) is 6.07. The van der Waals surface area contributed by atoms with Crippen molar-refractivity contribution in [2.45, 2.75) is 83.1 Å². The molecule has 0 aromatic carbocycles. The molecule has 8 nitrogen and oxygen atoms in total. The Balaban J connectivity index is 2.10. The number of esters is 3. The molecule has 1 aliphatic carbocycles. The van der Waals surface area contributed by atoms with Crippen LogP contribution < -0.4 is 0 Å². The fraction of sp³-hybridized carbons (Fsp3) is 0.591. The van der Waals surface area contributed by atoms with Crippen LogP contribution in [0.4, 0.5) is 0 Å². The lowest BCUT2D eigenvalue weighted by molar-refractivity contribution is -0.188. The number of carbonyl (C=O) groups is 3. The van der Waals surface area contributed by atoms with E-state index in [2.05, 4.69) is 6.58 Å². The van der Waals surface area contributed by atoms with Gasteiger partial charge in [-0.05, 0) is 52.2 Å². The lowest BCUT2D eigenvalue weighted by Crippen LogP contribution is -2.58. The van der Waals surface area contributed by atoms with Crippen LogP contribution in [0.2, 0.25) is 0 Å². The van der Waals surface area contributed by atoms with E-state index in [1.165, 1.54) is 6.92 Å². The summed E-state index contributed by atoms with van der Waals surface area (Å²) >= 11 is 0. The van der Waals surface area contributed by atoms with Gasteiger partial charge in [-0.3, -0.25) is 4.79 Å². The summed E-state index contributed by atoms with van der Waals surface area (Å²) in [4.78, 5) is 37.1. The maximum Gasteiger partial charge on any atom is 0.341 e. The first-order valence-electron chi connectivity index (χ1n) is 9.94. The second kappa shape index (κ2) is 7.67. The van der Waals surface area contributed by atoms with Gasteiger partial charge in [-0.25, -0.2) is 9.59 Å². The number of ether oxygens (including phenoxy) is 4. The smallest absolute Gasteiger partial charge is 0.341 e. The summed E-state index contributed by atoms with van der Waals surface area (Å²) in [5, 5.41) is 11.7. The number of hydrogen-bond acceptors (Lipinski definition) is 8. The molecule has 2 saturated heterocycles. The van der Waals surface area contributed by atoms with Gasteiger partial charge in [0.1, 0.15) is 0 Å². The zero-order valence-corrected chi connectivity index (χ0v) is 17.9. The minimum atomic E-state index is -2.11. The first kappa shape index (κ1) is 22.2. The molecular formula is C22H28O8. The minimum absolute atomic E-state index is 0.264. The lowest BCUT2D eigenvalue weighted by Gasteiger charge is -2.39. The van der Waals surface area contributed by atoms with Crippen molar-refractivity contribution in [2.75, 3.05) is 0 Å². The van der Waals surface area contributed by atoms with Crippen LogP contribution >= 0.6 is 0 Å². The summed E-state index contributed by atoms with van der Waals surface area (Å²) in [6, 6.07) is 0. The molecule has 0 saturated carbocycles.